The molecule has 0 amide bonds. The highest BCUT2D eigenvalue weighted by Crippen LogP contribution is 2.45. The first-order valence-corrected chi connectivity index (χ1v) is 14.7. The number of fused-ring (bicyclic) bond motifs is 3. The molecule has 0 aliphatic carbocycles. The van der Waals surface area contributed by atoms with E-state index in [9.17, 15) is 5.11 Å². The van der Waals surface area contributed by atoms with E-state index in [-0.39, 0.29) is 42.4 Å². The number of hydrogen-bond donors (Lipinski definition) is 2. The molecule has 0 saturated carbocycles. The van der Waals surface area contributed by atoms with Crippen LogP contribution in [0.15, 0.2) is 28.4 Å². The van der Waals surface area contributed by atoms with E-state index in [1.807, 2.05) is 12.3 Å². The van der Waals surface area contributed by atoms with Crippen molar-refractivity contribution in [3.05, 3.63) is 24.2 Å². The fraction of sp³-hybridized carbons (Fsp3) is 0.667. The average Bonchev–Trinajstić information content (AvgIpc) is 3.48. The van der Waals surface area contributed by atoms with E-state index in [2.05, 4.69) is 21.7 Å². The average molecular weight is 557 g/mol. The minimum Gasteiger partial charge on any atom is -0.486 e. The maximum absolute atomic E-state index is 10.2. The Kier molecular flexibility index (Phi) is 6.80. The number of ether oxygens (including phenoxy) is 4. The number of aromatic nitrogens is 3. The van der Waals surface area contributed by atoms with Crippen molar-refractivity contribution in [1.29, 1.82) is 0 Å². The lowest BCUT2D eigenvalue weighted by Gasteiger charge is -2.41. The minimum atomic E-state index is -0.175. The van der Waals surface area contributed by atoms with E-state index in [4.69, 9.17) is 34.6 Å². The Balaban J connectivity index is 1.05. The maximum atomic E-state index is 10.2. The van der Waals surface area contributed by atoms with Crippen molar-refractivity contribution in [3.8, 4) is 5.75 Å². The molecule has 4 fully saturated rings. The molecule has 2 aromatic rings. The summed E-state index contributed by atoms with van der Waals surface area (Å²) in [6.07, 6.45) is 6.88. The normalized spacial score (nSPS) is 29.7. The first kappa shape index (κ1) is 25.7. The number of aliphatic hydroxyl groups excluding tert-OH is 1. The van der Waals surface area contributed by atoms with Crippen molar-refractivity contribution in [2.24, 2.45) is 11.1 Å². The molecule has 39 heavy (non-hydrogen) atoms. The van der Waals surface area contributed by atoms with Crippen molar-refractivity contribution < 1.29 is 24.1 Å². The summed E-state index contributed by atoms with van der Waals surface area (Å²) in [4.78, 5) is 19.7. The van der Waals surface area contributed by atoms with Crippen LogP contribution in [0, 0.1) is 5.41 Å². The Bertz CT molecular complexity index is 1210. The van der Waals surface area contributed by atoms with Crippen molar-refractivity contribution >= 4 is 23.4 Å². The third-order valence-corrected chi connectivity index (χ3v) is 9.93. The van der Waals surface area contributed by atoms with Gasteiger partial charge in [-0.2, -0.15) is 0 Å². The quantitative estimate of drug-likeness (QED) is 0.536. The van der Waals surface area contributed by atoms with E-state index in [1.54, 1.807) is 6.20 Å². The largest absolute Gasteiger partial charge is 0.486 e. The van der Waals surface area contributed by atoms with Crippen molar-refractivity contribution in [2.45, 2.75) is 73.1 Å². The molecule has 0 unspecified atom stereocenters. The van der Waals surface area contributed by atoms with E-state index in [0.717, 1.165) is 67.8 Å². The molecule has 4 atom stereocenters. The molecule has 7 heterocycles. The van der Waals surface area contributed by atoms with Gasteiger partial charge in [-0.15, -0.1) is 0 Å². The molecular formula is C27H36N6O5S. The molecule has 1 spiro atoms. The highest BCUT2D eigenvalue weighted by atomic mass is 32.2. The molecule has 3 N–H and O–H groups in total. The number of hydrogen-bond acceptors (Lipinski definition) is 12. The van der Waals surface area contributed by atoms with Crippen LogP contribution in [0.1, 0.15) is 31.9 Å². The van der Waals surface area contributed by atoms with Gasteiger partial charge in [-0.25, -0.2) is 15.0 Å². The fourth-order valence-corrected chi connectivity index (χ4v) is 7.40. The van der Waals surface area contributed by atoms with Gasteiger partial charge in [0.15, 0.2) is 17.4 Å². The molecular weight excluding hydrogens is 520 g/mol. The summed E-state index contributed by atoms with van der Waals surface area (Å²) in [5, 5.41) is 10.9. The zero-order valence-electron chi connectivity index (χ0n) is 22.2. The summed E-state index contributed by atoms with van der Waals surface area (Å²) < 4.78 is 23.6. The Morgan fingerprint density at radius 3 is 2.74 bits per heavy atom. The van der Waals surface area contributed by atoms with Gasteiger partial charge in [0.1, 0.15) is 23.4 Å². The third kappa shape index (κ3) is 4.64. The van der Waals surface area contributed by atoms with Crippen LogP contribution in [0.3, 0.4) is 0 Å². The lowest BCUT2D eigenvalue weighted by atomic mass is 9.73. The molecule has 11 nitrogen and oxygen atoms in total. The molecule has 0 aromatic carbocycles. The molecule has 0 bridgehead atoms. The van der Waals surface area contributed by atoms with Gasteiger partial charge in [-0.1, -0.05) is 11.8 Å². The van der Waals surface area contributed by atoms with Crippen LogP contribution >= 0.6 is 11.8 Å². The Labute approximate surface area is 232 Å². The highest BCUT2D eigenvalue weighted by Gasteiger charge is 2.48. The SMILES string of the molecule is C[C@@H]1OCC2(CCN(c3ncc(Sc4ccnc5c4OC[C@@H]4C[C@H](OC6COC6)CN54)nc3CO)CC2)[C@@H]1N. The van der Waals surface area contributed by atoms with E-state index in [0.29, 0.717) is 30.5 Å². The number of anilines is 2. The van der Waals surface area contributed by atoms with Crippen LogP contribution in [-0.4, -0.2) is 96.5 Å². The number of rotatable bonds is 6. The molecule has 0 radical (unpaired) electrons. The molecule has 210 valence electrons. The zero-order valence-corrected chi connectivity index (χ0v) is 23.0. The van der Waals surface area contributed by atoms with Crippen molar-refractivity contribution in [3.63, 3.8) is 0 Å². The van der Waals surface area contributed by atoms with Gasteiger partial charge in [0.05, 0.1) is 55.8 Å². The third-order valence-electron chi connectivity index (χ3n) is 8.98. The first-order chi connectivity index (χ1) is 19.0. The van der Waals surface area contributed by atoms with Gasteiger partial charge < -0.3 is 39.6 Å². The van der Waals surface area contributed by atoms with Crippen molar-refractivity contribution in [1.82, 2.24) is 15.0 Å². The van der Waals surface area contributed by atoms with Gasteiger partial charge in [-0.3, -0.25) is 0 Å². The Morgan fingerprint density at radius 2 is 2.03 bits per heavy atom. The lowest BCUT2D eigenvalue weighted by molar-refractivity contribution is -0.150. The van der Waals surface area contributed by atoms with Crippen LogP contribution in [0.4, 0.5) is 11.6 Å². The summed E-state index contributed by atoms with van der Waals surface area (Å²) in [6.45, 7) is 7.01. The molecule has 2 aromatic heterocycles. The second-order valence-electron chi connectivity index (χ2n) is 11.4. The predicted octanol–water partition coefficient (Wildman–Crippen LogP) is 1.60. The van der Waals surface area contributed by atoms with Gasteiger partial charge in [0.25, 0.3) is 0 Å². The minimum absolute atomic E-state index is 0.0328. The standard InChI is InChI=1S/C27H36N6O5S/c1-16-24(28)27(15-37-16)3-6-32(7-4-27)25-20(11-34)31-22(9-30-25)39-21-2-5-29-26-23(21)36-12-17-8-18(10-33(17)26)38-19-13-35-14-19/h2,5,9,16-19,24,34H,3-4,6-8,10-15,28H2,1H3/t16-,17-,18-,24+/m0/s1. The second-order valence-corrected chi connectivity index (χ2v) is 12.4. The first-order valence-electron chi connectivity index (χ1n) is 13.9. The number of pyridine rings is 1. The summed E-state index contributed by atoms with van der Waals surface area (Å²) in [6, 6.07) is 2.27. The molecule has 5 aliphatic heterocycles. The van der Waals surface area contributed by atoms with Gasteiger partial charge >= 0.3 is 0 Å². The molecule has 7 rings (SSSR count). The fourth-order valence-electron chi connectivity index (χ4n) is 6.55. The summed E-state index contributed by atoms with van der Waals surface area (Å²) in [5.74, 6) is 2.37. The predicted molar refractivity (Wildman–Crippen MR) is 144 cm³/mol. The highest BCUT2D eigenvalue weighted by molar-refractivity contribution is 7.99. The smallest absolute Gasteiger partial charge is 0.175 e. The van der Waals surface area contributed by atoms with Crippen LogP contribution in [0.25, 0.3) is 0 Å². The van der Waals surface area contributed by atoms with Gasteiger partial charge in [0.2, 0.25) is 0 Å². The molecule has 12 heteroatoms. The maximum Gasteiger partial charge on any atom is 0.175 e. The molecule has 4 saturated heterocycles. The number of nitrogens with two attached hydrogens (primary N) is 1. The van der Waals surface area contributed by atoms with Crippen LogP contribution in [-0.2, 0) is 20.8 Å². The number of nitrogens with zero attached hydrogens (tertiary/aromatic N) is 5. The van der Waals surface area contributed by atoms with E-state index >= 15 is 0 Å². The Morgan fingerprint density at radius 1 is 1.18 bits per heavy atom. The van der Waals surface area contributed by atoms with Crippen LogP contribution < -0.4 is 20.3 Å². The summed E-state index contributed by atoms with van der Waals surface area (Å²) >= 11 is 1.49. The molecule has 5 aliphatic rings. The zero-order chi connectivity index (χ0) is 26.6. The second kappa shape index (κ2) is 10.3. The van der Waals surface area contributed by atoms with Crippen LogP contribution in [0.2, 0.25) is 0 Å². The monoisotopic (exact) mass is 556 g/mol. The topological polar surface area (TPSA) is 128 Å². The number of piperidine rings is 1. The lowest BCUT2D eigenvalue weighted by Crippen LogP contribution is -2.51. The van der Waals surface area contributed by atoms with Crippen molar-refractivity contribution in [2.75, 3.05) is 55.9 Å². The van der Waals surface area contributed by atoms with Gasteiger partial charge in [-0.05, 0) is 32.3 Å². The van der Waals surface area contributed by atoms with E-state index in [1.165, 1.54) is 11.8 Å². The summed E-state index contributed by atoms with van der Waals surface area (Å²) in [7, 11) is 0. The van der Waals surface area contributed by atoms with Gasteiger partial charge in [0, 0.05) is 37.3 Å². The number of aliphatic hydroxyl groups is 1. The summed E-state index contributed by atoms with van der Waals surface area (Å²) in [5.41, 5.74) is 7.11. The Hall–Kier alpha value is -2.22. The van der Waals surface area contributed by atoms with E-state index < -0.39 is 0 Å². The van der Waals surface area contributed by atoms with Crippen LogP contribution in [0.5, 0.6) is 5.75 Å².